The number of carbonyl (C=O) groups excluding carboxylic acids is 2. The van der Waals surface area contributed by atoms with E-state index in [2.05, 4.69) is 9.89 Å². The second-order valence-electron chi connectivity index (χ2n) is 8.34. The average Bonchev–Trinajstić information content (AvgIpc) is 2.87. The van der Waals surface area contributed by atoms with Gasteiger partial charge in [0.05, 0.1) is 12.7 Å². The molecule has 2 aromatic carbocycles. The van der Waals surface area contributed by atoms with Gasteiger partial charge in [0.25, 0.3) is 5.91 Å². The van der Waals surface area contributed by atoms with Crippen molar-refractivity contribution in [2.24, 2.45) is 5.16 Å². The van der Waals surface area contributed by atoms with Gasteiger partial charge in [0, 0.05) is 0 Å². The van der Waals surface area contributed by atoms with E-state index in [-0.39, 0.29) is 5.92 Å². The number of methoxy groups -OCH3 is 1. The largest absolute Gasteiger partial charge is 0.465 e. The van der Waals surface area contributed by atoms with Crippen LogP contribution in [0.2, 0.25) is 0 Å². The Kier molecular flexibility index (Phi) is 8.44. The third-order valence-corrected chi connectivity index (χ3v) is 5.88. The van der Waals surface area contributed by atoms with Gasteiger partial charge in [-0.2, -0.15) is 13.2 Å². The van der Waals surface area contributed by atoms with Crippen molar-refractivity contribution in [3.05, 3.63) is 64.2 Å². The highest BCUT2D eigenvalue weighted by Gasteiger charge is 2.42. The van der Waals surface area contributed by atoms with Gasteiger partial charge < -0.3 is 14.9 Å². The number of hydrogen-bond donors (Lipinski definition) is 1. The maximum Gasteiger partial charge on any atom is 0.422 e. The molecule has 200 valence electrons. The molecule has 1 aliphatic rings. The number of esters is 1. The molecule has 1 saturated carbocycles. The standard InChI is InChI=1S/C24H21F7N2O4/c1-11(22(34)32-21-19(27)17(25)16(24(29,30)31)18(26)20(21)28)33-37-15-5-3-4-14(10-15)12-6-8-13(9-7-12)23(35)36-2/h6-9,14-15H,3-5,10H2,1-2H3,(H,32,34)/b33-11+. The highest BCUT2D eigenvalue weighted by atomic mass is 19.4. The molecular weight excluding hydrogens is 513 g/mol. The molecule has 1 amide bonds. The molecule has 37 heavy (non-hydrogen) atoms. The van der Waals surface area contributed by atoms with Crippen LogP contribution in [0.15, 0.2) is 29.4 Å². The van der Waals surface area contributed by atoms with Gasteiger partial charge in [-0.25, -0.2) is 22.4 Å². The van der Waals surface area contributed by atoms with Crippen LogP contribution < -0.4 is 5.32 Å². The summed E-state index contributed by atoms with van der Waals surface area (Å²) in [6, 6.07) is 6.83. The second-order valence-corrected chi connectivity index (χ2v) is 8.34. The summed E-state index contributed by atoms with van der Waals surface area (Å²) in [5.74, 6) is -12.0. The smallest absolute Gasteiger partial charge is 0.422 e. The Labute approximate surface area is 206 Å². The number of benzene rings is 2. The molecule has 0 aliphatic heterocycles. The number of hydrogen-bond acceptors (Lipinski definition) is 5. The van der Waals surface area contributed by atoms with Gasteiger partial charge in [0.1, 0.15) is 23.1 Å². The first kappa shape index (κ1) is 27.9. The molecule has 2 unspecified atom stereocenters. The van der Waals surface area contributed by atoms with E-state index in [9.17, 15) is 40.3 Å². The minimum Gasteiger partial charge on any atom is -0.465 e. The van der Waals surface area contributed by atoms with Crippen LogP contribution in [0.3, 0.4) is 0 Å². The van der Waals surface area contributed by atoms with Crippen molar-refractivity contribution >= 4 is 23.3 Å². The predicted molar refractivity (Wildman–Crippen MR) is 117 cm³/mol. The van der Waals surface area contributed by atoms with Gasteiger partial charge in [-0.05, 0) is 56.2 Å². The minimum atomic E-state index is -5.70. The fourth-order valence-electron chi connectivity index (χ4n) is 3.94. The van der Waals surface area contributed by atoms with Gasteiger partial charge in [-0.3, -0.25) is 4.79 Å². The third-order valence-electron chi connectivity index (χ3n) is 5.88. The monoisotopic (exact) mass is 534 g/mol. The first-order valence-electron chi connectivity index (χ1n) is 11.0. The maximum atomic E-state index is 14.0. The van der Waals surface area contributed by atoms with Crippen molar-refractivity contribution in [2.45, 2.75) is 50.8 Å². The highest BCUT2D eigenvalue weighted by Crippen LogP contribution is 2.38. The number of oxime groups is 1. The fourth-order valence-corrected chi connectivity index (χ4v) is 3.94. The lowest BCUT2D eigenvalue weighted by Crippen LogP contribution is -2.26. The molecule has 0 aromatic heterocycles. The van der Waals surface area contributed by atoms with Gasteiger partial charge in [-0.15, -0.1) is 0 Å². The van der Waals surface area contributed by atoms with Crippen LogP contribution in [0, 0.1) is 23.3 Å². The molecule has 0 saturated heterocycles. The number of nitrogens with one attached hydrogen (secondary N) is 1. The summed E-state index contributed by atoms with van der Waals surface area (Å²) in [5, 5.41) is 5.11. The summed E-state index contributed by atoms with van der Waals surface area (Å²) in [7, 11) is 1.27. The van der Waals surface area contributed by atoms with Crippen molar-refractivity contribution in [3.63, 3.8) is 0 Å². The highest BCUT2D eigenvalue weighted by molar-refractivity contribution is 6.42. The zero-order valence-electron chi connectivity index (χ0n) is 19.5. The third kappa shape index (κ3) is 6.20. The number of halogens is 7. The van der Waals surface area contributed by atoms with Crippen LogP contribution >= 0.6 is 0 Å². The minimum absolute atomic E-state index is 0.0519. The van der Waals surface area contributed by atoms with Gasteiger partial charge in [0.15, 0.2) is 23.3 Å². The van der Waals surface area contributed by atoms with Crippen LogP contribution in [0.5, 0.6) is 0 Å². The van der Waals surface area contributed by atoms with Gasteiger partial charge in [0.2, 0.25) is 0 Å². The predicted octanol–water partition coefficient (Wildman–Crippen LogP) is 6.11. The van der Waals surface area contributed by atoms with Crippen LogP contribution in [0.1, 0.15) is 60.0 Å². The number of alkyl halides is 3. The summed E-state index contributed by atoms with van der Waals surface area (Å²) in [4.78, 5) is 29.2. The number of nitrogens with zero attached hydrogens (tertiary/aromatic N) is 1. The van der Waals surface area contributed by atoms with Crippen LogP contribution in [0.4, 0.5) is 36.4 Å². The molecular formula is C24H21F7N2O4. The van der Waals surface area contributed by atoms with E-state index < -0.39 is 64.4 Å². The lowest BCUT2D eigenvalue weighted by atomic mass is 9.82. The molecule has 1 aliphatic carbocycles. The van der Waals surface area contributed by atoms with Crippen LogP contribution in [-0.2, 0) is 20.5 Å². The summed E-state index contributed by atoms with van der Waals surface area (Å²) in [6.07, 6.45) is -3.51. The summed E-state index contributed by atoms with van der Waals surface area (Å²) in [5.41, 5.74) is -3.64. The zero-order valence-corrected chi connectivity index (χ0v) is 19.5. The zero-order chi connectivity index (χ0) is 27.5. The van der Waals surface area contributed by atoms with Gasteiger partial charge >= 0.3 is 12.1 Å². The molecule has 1 N–H and O–H groups in total. The summed E-state index contributed by atoms with van der Waals surface area (Å²) in [6.45, 7) is 1.08. The number of amides is 1. The first-order chi connectivity index (χ1) is 17.3. The SMILES string of the molecule is COC(=O)c1ccc(C2CCCC(O/N=C(\C)C(=O)Nc3c(F)c(F)c(C(F)(F)F)c(F)c3F)C2)cc1. The van der Waals surface area contributed by atoms with Crippen LogP contribution in [-0.4, -0.2) is 30.8 Å². The molecule has 0 bridgehead atoms. The van der Waals surface area contributed by atoms with E-state index in [1.807, 2.05) is 0 Å². The Morgan fingerprint density at radius 3 is 2.11 bits per heavy atom. The van der Waals surface area contributed by atoms with Crippen molar-refractivity contribution in [1.29, 1.82) is 0 Å². The van der Waals surface area contributed by atoms with E-state index in [1.54, 1.807) is 24.3 Å². The van der Waals surface area contributed by atoms with E-state index in [4.69, 9.17) is 4.84 Å². The fraction of sp³-hybridized carbons (Fsp3) is 0.375. The van der Waals surface area contributed by atoms with Crippen molar-refractivity contribution < 1.29 is 49.9 Å². The van der Waals surface area contributed by atoms with Crippen LogP contribution in [0.25, 0.3) is 0 Å². The number of rotatable bonds is 6. The van der Waals surface area contributed by atoms with Gasteiger partial charge in [-0.1, -0.05) is 17.3 Å². The van der Waals surface area contributed by atoms with E-state index in [0.29, 0.717) is 18.4 Å². The number of ether oxygens (including phenoxy) is 1. The van der Waals surface area contributed by atoms with E-state index >= 15 is 0 Å². The normalized spacial score (nSPS) is 18.4. The van der Waals surface area contributed by atoms with Crippen molar-refractivity contribution in [1.82, 2.24) is 0 Å². The Morgan fingerprint density at radius 2 is 1.57 bits per heavy atom. The topological polar surface area (TPSA) is 77.0 Å². The lowest BCUT2D eigenvalue weighted by molar-refractivity contribution is -0.143. The molecule has 2 aromatic rings. The Morgan fingerprint density at radius 1 is 0.973 bits per heavy atom. The molecule has 0 radical (unpaired) electrons. The summed E-state index contributed by atoms with van der Waals surface area (Å²) < 4.78 is 98.4. The lowest BCUT2D eigenvalue weighted by Gasteiger charge is -2.28. The molecule has 13 heteroatoms. The maximum absolute atomic E-state index is 14.0. The number of carbonyl (C=O) groups is 2. The van der Waals surface area contributed by atoms with E-state index in [0.717, 1.165) is 25.3 Å². The average molecular weight is 534 g/mol. The van der Waals surface area contributed by atoms with E-state index in [1.165, 1.54) is 12.4 Å². The second kappa shape index (κ2) is 11.2. The Hall–Kier alpha value is -3.64. The number of anilines is 1. The van der Waals surface area contributed by atoms with Crippen molar-refractivity contribution in [2.75, 3.05) is 12.4 Å². The molecule has 0 heterocycles. The summed E-state index contributed by atoms with van der Waals surface area (Å²) >= 11 is 0. The Bertz CT molecular complexity index is 1180. The molecule has 6 nitrogen and oxygen atoms in total. The molecule has 2 atom stereocenters. The molecule has 0 spiro atoms. The first-order valence-corrected chi connectivity index (χ1v) is 11.0. The Balaban J connectivity index is 1.68. The molecule has 1 fully saturated rings. The molecule has 3 rings (SSSR count). The van der Waals surface area contributed by atoms with Crippen molar-refractivity contribution in [3.8, 4) is 0 Å². The quantitative estimate of drug-likeness (QED) is 0.160.